The molecule has 11 heteroatoms. The number of nitrogens with two attached hydrogens (primary N) is 2. The zero-order valence-electron chi connectivity index (χ0n) is 20.5. The monoisotopic (exact) mass is 498 g/mol. The average Bonchev–Trinajstić information content (AvgIpc) is 2.89. The van der Waals surface area contributed by atoms with Crippen molar-refractivity contribution >= 4 is 23.8 Å². The van der Waals surface area contributed by atoms with Gasteiger partial charge in [-0.25, -0.2) is 10.2 Å². The zero-order chi connectivity index (χ0) is 26.5. The number of rotatable bonds is 12. The van der Waals surface area contributed by atoms with Crippen LogP contribution in [0, 0.1) is 0 Å². The minimum atomic E-state index is -1.02. The number of methoxy groups -OCH3 is 1. The van der Waals surface area contributed by atoms with E-state index >= 15 is 0 Å². The molecule has 2 aromatic rings. The normalized spacial score (nSPS) is 13.0. The second kappa shape index (κ2) is 14.3. The van der Waals surface area contributed by atoms with Crippen LogP contribution in [0.15, 0.2) is 54.6 Å². The quantitative estimate of drug-likeness (QED) is 0.229. The molecule has 11 nitrogen and oxygen atoms in total. The highest BCUT2D eigenvalue weighted by Gasteiger charge is 2.26. The third-order valence-corrected chi connectivity index (χ3v) is 5.50. The number of carbonyl (C=O) groups is 4. The van der Waals surface area contributed by atoms with Gasteiger partial charge in [-0.3, -0.25) is 19.8 Å². The molecule has 0 heterocycles. The Morgan fingerprint density at radius 3 is 2.22 bits per heavy atom. The Bertz CT molecular complexity index is 1030. The summed E-state index contributed by atoms with van der Waals surface area (Å²) < 4.78 is 5.20. The molecule has 0 saturated heterocycles. The number of hydrogen-bond donors (Lipinski definition) is 6. The van der Waals surface area contributed by atoms with E-state index in [-0.39, 0.29) is 12.8 Å². The van der Waals surface area contributed by atoms with Gasteiger partial charge in [-0.1, -0.05) is 49.4 Å². The van der Waals surface area contributed by atoms with E-state index in [1.165, 1.54) is 7.11 Å². The Morgan fingerprint density at radius 2 is 1.58 bits per heavy atom. The molecule has 0 aliphatic heterocycles. The highest BCUT2D eigenvalue weighted by molar-refractivity contribution is 5.92. The van der Waals surface area contributed by atoms with Gasteiger partial charge in [0.2, 0.25) is 11.8 Å². The Morgan fingerprint density at radius 1 is 0.889 bits per heavy atom. The molecule has 0 fully saturated rings. The number of urea groups is 1. The molecule has 0 radical (unpaired) electrons. The lowest BCUT2D eigenvalue weighted by Gasteiger charge is -2.22. The molecule has 8 N–H and O–H groups in total. The average molecular weight is 499 g/mol. The summed E-state index contributed by atoms with van der Waals surface area (Å²) in [5, 5.41) is 5.17. The predicted molar refractivity (Wildman–Crippen MR) is 134 cm³/mol. The predicted octanol–water partition coefficient (Wildman–Crippen LogP) is 0.277. The summed E-state index contributed by atoms with van der Waals surface area (Å²) in [5.41, 5.74) is 17.3. The van der Waals surface area contributed by atoms with Crippen molar-refractivity contribution in [2.24, 2.45) is 11.5 Å². The second-order valence-corrected chi connectivity index (χ2v) is 8.20. The van der Waals surface area contributed by atoms with Crippen LogP contribution in [0.3, 0.4) is 0 Å². The van der Waals surface area contributed by atoms with Crippen molar-refractivity contribution in [2.75, 3.05) is 7.11 Å². The van der Waals surface area contributed by atoms with Gasteiger partial charge in [0.1, 0.15) is 17.8 Å². The van der Waals surface area contributed by atoms with Crippen molar-refractivity contribution in [1.29, 1.82) is 0 Å². The zero-order valence-corrected chi connectivity index (χ0v) is 20.5. The van der Waals surface area contributed by atoms with Crippen LogP contribution < -0.4 is 37.7 Å². The van der Waals surface area contributed by atoms with Gasteiger partial charge in [-0.15, -0.1) is 0 Å². The number of hydrazine groups is 1. The molecule has 36 heavy (non-hydrogen) atoms. The van der Waals surface area contributed by atoms with Crippen molar-refractivity contribution < 1.29 is 23.9 Å². The van der Waals surface area contributed by atoms with Crippen LogP contribution in [0.2, 0.25) is 0 Å². The minimum Gasteiger partial charge on any atom is -0.497 e. The van der Waals surface area contributed by atoms with Crippen molar-refractivity contribution in [1.82, 2.24) is 21.5 Å². The molecule has 194 valence electrons. The lowest BCUT2D eigenvalue weighted by molar-refractivity contribution is -0.128. The van der Waals surface area contributed by atoms with Crippen LogP contribution in [0.1, 0.15) is 30.9 Å². The molecule has 3 atom stereocenters. The second-order valence-electron chi connectivity index (χ2n) is 8.20. The van der Waals surface area contributed by atoms with Crippen molar-refractivity contribution in [3.05, 3.63) is 65.7 Å². The third kappa shape index (κ3) is 9.26. The summed E-state index contributed by atoms with van der Waals surface area (Å²) >= 11 is 0. The molecule has 0 aliphatic carbocycles. The fourth-order valence-corrected chi connectivity index (χ4v) is 3.35. The van der Waals surface area contributed by atoms with Crippen LogP contribution in [-0.2, 0) is 27.2 Å². The Hall–Kier alpha value is -4.12. The van der Waals surface area contributed by atoms with Gasteiger partial charge in [0, 0.05) is 6.42 Å². The van der Waals surface area contributed by atoms with Gasteiger partial charge in [0.15, 0.2) is 0 Å². The van der Waals surface area contributed by atoms with Crippen LogP contribution in [0.5, 0.6) is 5.75 Å². The van der Waals surface area contributed by atoms with Gasteiger partial charge < -0.3 is 26.8 Å². The number of hydrogen-bond acceptors (Lipinski definition) is 6. The maximum Gasteiger partial charge on any atom is 0.334 e. The number of ether oxygens (including phenoxy) is 1. The molecular weight excluding hydrogens is 464 g/mol. The largest absolute Gasteiger partial charge is 0.497 e. The van der Waals surface area contributed by atoms with Crippen LogP contribution in [0.4, 0.5) is 4.79 Å². The van der Waals surface area contributed by atoms with E-state index in [9.17, 15) is 19.2 Å². The Balaban J connectivity index is 2.10. The smallest absolute Gasteiger partial charge is 0.334 e. The van der Waals surface area contributed by atoms with Crippen LogP contribution >= 0.6 is 0 Å². The summed E-state index contributed by atoms with van der Waals surface area (Å²) in [4.78, 5) is 49.5. The molecule has 2 rings (SSSR count). The standard InChI is InChI=1S/C25H34N6O5/c1-3-19(26)23(33)30-31-25(35)29-20(13-12-16-8-5-4-6-9-16)24(34)28-21(22(27)32)15-17-10-7-11-18(14-17)36-2/h4-11,14,19-21H,3,12-13,15,26H2,1-2H3,(H2,27,32)(H,28,34)(H,30,33)(H2,29,31,35)/t19-,20-,21-/m0/s1. The number of amides is 5. The summed E-state index contributed by atoms with van der Waals surface area (Å²) in [6.45, 7) is 1.73. The summed E-state index contributed by atoms with van der Waals surface area (Å²) in [5.74, 6) is -1.28. The molecule has 5 amide bonds. The van der Waals surface area contributed by atoms with Gasteiger partial charge >= 0.3 is 6.03 Å². The van der Waals surface area contributed by atoms with Crippen molar-refractivity contribution in [2.45, 2.75) is 50.7 Å². The first-order chi connectivity index (χ1) is 17.2. The Labute approximate surface area is 210 Å². The highest BCUT2D eigenvalue weighted by atomic mass is 16.5. The first kappa shape index (κ1) is 28.1. The summed E-state index contributed by atoms with van der Waals surface area (Å²) in [6, 6.07) is 12.8. The van der Waals surface area contributed by atoms with Gasteiger partial charge in [-0.2, -0.15) is 0 Å². The van der Waals surface area contributed by atoms with Gasteiger partial charge in [-0.05, 0) is 42.5 Å². The summed E-state index contributed by atoms with van der Waals surface area (Å²) in [7, 11) is 1.53. The lowest BCUT2D eigenvalue weighted by atomic mass is 10.0. The van der Waals surface area contributed by atoms with Crippen molar-refractivity contribution in [3.8, 4) is 5.75 Å². The number of primary amides is 1. The molecule has 0 aliphatic rings. The van der Waals surface area contributed by atoms with Gasteiger partial charge in [0.05, 0.1) is 13.2 Å². The summed E-state index contributed by atoms with van der Waals surface area (Å²) in [6.07, 6.45) is 1.24. The molecule has 2 aromatic carbocycles. The third-order valence-electron chi connectivity index (χ3n) is 5.50. The van der Waals surface area contributed by atoms with E-state index in [0.29, 0.717) is 18.6 Å². The molecular formula is C25H34N6O5. The number of carbonyl (C=O) groups excluding carboxylic acids is 4. The minimum absolute atomic E-state index is 0.140. The highest BCUT2D eigenvalue weighted by Crippen LogP contribution is 2.14. The molecule has 0 bridgehead atoms. The van der Waals surface area contributed by atoms with Gasteiger partial charge in [0.25, 0.3) is 5.91 Å². The SMILES string of the molecule is CC[C@H](N)C(=O)NNC(=O)N[C@@H](CCc1ccccc1)C(=O)N[C@@H](Cc1cccc(OC)c1)C(N)=O. The van der Waals surface area contributed by atoms with Crippen LogP contribution in [-0.4, -0.2) is 49.0 Å². The fourth-order valence-electron chi connectivity index (χ4n) is 3.35. The maximum absolute atomic E-state index is 13.1. The van der Waals surface area contributed by atoms with E-state index < -0.39 is 41.9 Å². The molecule has 0 unspecified atom stereocenters. The lowest BCUT2D eigenvalue weighted by Crippen LogP contribution is -2.58. The van der Waals surface area contributed by atoms with E-state index in [4.69, 9.17) is 16.2 Å². The topological polar surface area (TPSA) is 178 Å². The fraction of sp³-hybridized carbons (Fsp3) is 0.360. The number of nitrogens with one attached hydrogen (secondary N) is 4. The van der Waals surface area contributed by atoms with E-state index in [1.54, 1.807) is 31.2 Å². The Kier molecular flexibility index (Phi) is 11.2. The molecule has 0 aromatic heterocycles. The van der Waals surface area contributed by atoms with E-state index in [1.807, 2.05) is 30.3 Å². The van der Waals surface area contributed by atoms with Crippen LogP contribution in [0.25, 0.3) is 0 Å². The number of benzene rings is 2. The van der Waals surface area contributed by atoms with E-state index in [2.05, 4.69) is 21.5 Å². The molecule has 0 saturated carbocycles. The van der Waals surface area contributed by atoms with Crippen molar-refractivity contribution in [3.63, 3.8) is 0 Å². The molecule has 0 spiro atoms. The van der Waals surface area contributed by atoms with E-state index in [0.717, 1.165) is 11.1 Å². The first-order valence-electron chi connectivity index (χ1n) is 11.6. The first-order valence-corrected chi connectivity index (χ1v) is 11.6. The number of aryl methyl sites for hydroxylation is 1. The maximum atomic E-state index is 13.1.